The van der Waals surface area contributed by atoms with E-state index in [1.54, 1.807) is 0 Å². The number of rotatable bonds is 9. The van der Waals surface area contributed by atoms with Gasteiger partial charge in [0, 0.05) is 18.8 Å². The monoisotopic (exact) mass is 308 g/mol. The van der Waals surface area contributed by atoms with Crippen LogP contribution < -0.4 is 0 Å². The molecule has 0 bridgehead atoms. The number of carbonyl (C=O) groups excluding carboxylic acids is 1. The smallest absolute Gasteiger partial charge is 0.312 e. The van der Waals surface area contributed by atoms with Crippen LogP contribution in [0.1, 0.15) is 46.0 Å². The summed E-state index contributed by atoms with van der Waals surface area (Å²) in [6.07, 6.45) is 9.35. The molecular weight excluding hydrogens is 276 g/mol. The lowest BCUT2D eigenvalue weighted by Gasteiger charge is -2.17. The van der Waals surface area contributed by atoms with Gasteiger partial charge in [-0.25, -0.2) is 0 Å². The predicted octanol–water partition coefficient (Wildman–Crippen LogP) is 3.32. The normalized spacial score (nSPS) is 20.1. The molecule has 0 amide bonds. The van der Waals surface area contributed by atoms with Crippen LogP contribution in [0.4, 0.5) is 0 Å². The van der Waals surface area contributed by atoms with Gasteiger partial charge in [-0.2, -0.15) is 0 Å². The Bertz CT molecular complexity index is 387. The Kier molecular flexibility index (Phi) is 9.05. The molecule has 22 heavy (non-hydrogen) atoms. The number of unbranched alkanes of at least 4 members (excludes halogenated alkanes) is 1. The first-order chi connectivity index (χ1) is 10.5. The first kappa shape index (κ1) is 18.9. The van der Waals surface area contributed by atoms with E-state index in [1.165, 1.54) is 12.8 Å². The molecule has 4 nitrogen and oxygen atoms in total. The number of ether oxygens (including phenoxy) is 1. The van der Waals surface area contributed by atoms with E-state index in [-0.39, 0.29) is 11.9 Å². The summed E-state index contributed by atoms with van der Waals surface area (Å²) in [5, 5.41) is 0. The van der Waals surface area contributed by atoms with Crippen LogP contribution in [0.5, 0.6) is 0 Å². The molecule has 0 aromatic carbocycles. The van der Waals surface area contributed by atoms with Gasteiger partial charge in [0.15, 0.2) is 0 Å². The quantitative estimate of drug-likeness (QED) is 0.485. The zero-order valence-corrected chi connectivity index (χ0v) is 14.7. The van der Waals surface area contributed by atoms with Crippen molar-refractivity contribution in [2.75, 3.05) is 33.8 Å². The van der Waals surface area contributed by atoms with Gasteiger partial charge in [0.1, 0.15) is 6.61 Å². The molecule has 0 fully saturated rings. The van der Waals surface area contributed by atoms with Crippen molar-refractivity contribution in [3.63, 3.8) is 0 Å². The molecule has 0 saturated heterocycles. The average molecular weight is 308 g/mol. The topological polar surface area (TPSA) is 41.9 Å². The summed E-state index contributed by atoms with van der Waals surface area (Å²) in [5.41, 5.74) is 1.13. The fourth-order valence-electron chi connectivity index (χ4n) is 2.36. The molecule has 0 spiro atoms. The average Bonchev–Trinajstić information content (AvgIpc) is 2.46. The van der Waals surface area contributed by atoms with Crippen LogP contribution in [0.2, 0.25) is 0 Å². The molecule has 0 aromatic rings. The predicted molar refractivity (Wildman–Crippen MR) is 92.4 cm³/mol. The van der Waals surface area contributed by atoms with Crippen molar-refractivity contribution in [1.82, 2.24) is 4.90 Å². The lowest BCUT2D eigenvalue weighted by atomic mass is 9.95. The molecule has 1 unspecified atom stereocenters. The van der Waals surface area contributed by atoms with Crippen molar-refractivity contribution in [2.24, 2.45) is 16.8 Å². The Balaban J connectivity index is 2.24. The van der Waals surface area contributed by atoms with Gasteiger partial charge < -0.3 is 9.64 Å². The van der Waals surface area contributed by atoms with E-state index in [2.05, 4.69) is 18.8 Å². The highest BCUT2D eigenvalue weighted by molar-refractivity contribution is 5.97. The molecule has 0 heterocycles. The molecule has 0 saturated carbocycles. The standard InChI is InChI=1S/C18H32N2O2/c1-15(2)7-5-6-12-19-17-10-8-16(9-11-17)18(21)22-14-13-20(3)4/h8,10,15-16H,5-7,9,11-14H2,1-4H3. The van der Waals surface area contributed by atoms with Crippen molar-refractivity contribution >= 4 is 11.7 Å². The summed E-state index contributed by atoms with van der Waals surface area (Å²) in [6.45, 7) is 6.66. The summed E-state index contributed by atoms with van der Waals surface area (Å²) >= 11 is 0. The van der Waals surface area contributed by atoms with Gasteiger partial charge in [0.25, 0.3) is 0 Å². The molecule has 0 N–H and O–H groups in total. The third kappa shape index (κ3) is 8.32. The van der Waals surface area contributed by atoms with Crippen molar-refractivity contribution in [1.29, 1.82) is 0 Å². The van der Waals surface area contributed by atoms with Crippen molar-refractivity contribution in [3.8, 4) is 0 Å². The van der Waals surface area contributed by atoms with Gasteiger partial charge in [0.05, 0.1) is 5.92 Å². The number of allylic oxidation sites excluding steroid dienone is 1. The molecule has 0 aromatic heterocycles. The molecular formula is C18H32N2O2. The summed E-state index contributed by atoms with van der Waals surface area (Å²) in [6, 6.07) is 0. The highest BCUT2D eigenvalue weighted by atomic mass is 16.5. The lowest BCUT2D eigenvalue weighted by Crippen LogP contribution is -2.24. The molecule has 0 radical (unpaired) electrons. The summed E-state index contributed by atoms with van der Waals surface area (Å²) in [5.74, 6) is 0.581. The van der Waals surface area contributed by atoms with Crippen LogP contribution in [0.15, 0.2) is 17.1 Å². The van der Waals surface area contributed by atoms with E-state index in [0.717, 1.165) is 44.0 Å². The third-order valence-corrected chi connectivity index (χ3v) is 3.82. The maximum absolute atomic E-state index is 11.9. The van der Waals surface area contributed by atoms with Crippen LogP contribution in [0.25, 0.3) is 0 Å². The van der Waals surface area contributed by atoms with Crippen LogP contribution >= 0.6 is 0 Å². The van der Waals surface area contributed by atoms with Crippen molar-refractivity contribution < 1.29 is 9.53 Å². The van der Waals surface area contributed by atoms with Crippen molar-refractivity contribution in [2.45, 2.75) is 46.0 Å². The second-order valence-electron chi connectivity index (χ2n) is 6.74. The Labute approximate surface area is 135 Å². The molecule has 1 atom stereocenters. The van der Waals surface area contributed by atoms with E-state index >= 15 is 0 Å². The summed E-state index contributed by atoms with van der Waals surface area (Å²) < 4.78 is 5.29. The van der Waals surface area contributed by atoms with E-state index in [9.17, 15) is 4.79 Å². The van der Waals surface area contributed by atoms with Crippen LogP contribution in [0.3, 0.4) is 0 Å². The first-order valence-corrected chi connectivity index (χ1v) is 8.52. The first-order valence-electron chi connectivity index (χ1n) is 8.52. The second kappa shape index (κ2) is 10.5. The molecule has 0 aliphatic heterocycles. The Morgan fingerprint density at radius 1 is 1.41 bits per heavy atom. The van der Waals surface area contributed by atoms with Crippen molar-refractivity contribution in [3.05, 3.63) is 12.2 Å². The maximum atomic E-state index is 11.9. The van der Waals surface area contributed by atoms with E-state index in [0.29, 0.717) is 6.61 Å². The molecule has 126 valence electrons. The number of hydrogen-bond acceptors (Lipinski definition) is 4. The van der Waals surface area contributed by atoms with E-state index in [1.807, 2.05) is 31.1 Å². The largest absolute Gasteiger partial charge is 0.464 e. The zero-order chi connectivity index (χ0) is 16.4. The lowest BCUT2D eigenvalue weighted by molar-refractivity contribution is -0.147. The van der Waals surface area contributed by atoms with Crippen LogP contribution in [-0.4, -0.2) is 50.4 Å². The summed E-state index contributed by atoms with van der Waals surface area (Å²) in [7, 11) is 3.94. The number of hydrogen-bond donors (Lipinski definition) is 0. The molecule has 4 heteroatoms. The number of carbonyl (C=O) groups is 1. The maximum Gasteiger partial charge on any atom is 0.312 e. The number of aliphatic imine (C=N–C) groups is 1. The number of esters is 1. The minimum atomic E-state index is -0.103. The molecule has 1 rings (SSSR count). The minimum absolute atomic E-state index is 0.0953. The molecule has 1 aliphatic rings. The SMILES string of the molecule is CC(C)CCCCN=C1C=CC(C(=O)OCCN(C)C)CC1. The van der Waals surface area contributed by atoms with E-state index < -0.39 is 0 Å². The fraction of sp³-hybridized carbons (Fsp3) is 0.778. The Morgan fingerprint density at radius 2 is 2.18 bits per heavy atom. The number of likely N-dealkylation sites (N-methyl/N-ethyl adjacent to an activating group) is 1. The molecule has 1 aliphatic carbocycles. The van der Waals surface area contributed by atoms with Gasteiger partial charge in [-0.15, -0.1) is 0 Å². The van der Waals surface area contributed by atoms with Crippen LogP contribution in [0, 0.1) is 11.8 Å². The van der Waals surface area contributed by atoms with Gasteiger partial charge in [0.2, 0.25) is 0 Å². The zero-order valence-electron chi connectivity index (χ0n) is 14.7. The van der Waals surface area contributed by atoms with Gasteiger partial charge in [-0.3, -0.25) is 9.79 Å². The summed E-state index contributed by atoms with van der Waals surface area (Å²) in [4.78, 5) is 18.6. The fourth-order valence-corrected chi connectivity index (χ4v) is 2.36. The second-order valence-corrected chi connectivity index (χ2v) is 6.74. The number of nitrogens with zero attached hydrogens (tertiary/aromatic N) is 2. The Morgan fingerprint density at radius 3 is 2.77 bits per heavy atom. The highest BCUT2D eigenvalue weighted by Crippen LogP contribution is 2.17. The van der Waals surface area contributed by atoms with Gasteiger partial charge in [-0.05, 0) is 45.4 Å². The van der Waals surface area contributed by atoms with Gasteiger partial charge in [-0.1, -0.05) is 32.8 Å². The highest BCUT2D eigenvalue weighted by Gasteiger charge is 2.20. The van der Waals surface area contributed by atoms with E-state index in [4.69, 9.17) is 4.74 Å². The minimum Gasteiger partial charge on any atom is -0.464 e. The van der Waals surface area contributed by atoms with Gasteiger partial charge >= 0.3 is 5.97 Å². The third-order valence-electron chi connectivity index (χ3n) is 3.82. The Hall–Kier alpha value is -1.16. The van der Waals surface area contributed by atoms with Crippen LogP contribution in [-0.2, 0) is 9.53 Å².